The van der Waals surface area contributed by atoms with Crippen LogP contribution in [0.2, 0.25) is 0 Å². The van der Waals surface area contributed by atoms with Crippen molar-refractivity contribution in [1.29, 1.82) is 0 Å². The molecular weight excluding hydrogens is 390 g/mol. The van der Waals surface area contributed by atoms with E-state index in [1.165, 1.54) is 11.3 Å². The van der Waals surface area contributed by atoms with Gasteiger partial charge >= 0.3 is 5.97 Å². The number of hydrogen-bond donors (Lipinski definition) is 1. The molecule has 1 aromatic carbocycles. The van der Waals surface area contributed by atoms with Gasteiger partial charge in [0.1, 0.15) is 5.69 Å². The molecule has 0 aliphatic carbocycles. The largest absolute Gasteiger partial charge is 0.478 e. The zero-order valence-electron chi connectivity index (χ0n) is 15.8. The molecule has 1 unspecified atom stereocenters. The number of carbonyl (C=O) groups excluding carboxylic acids is 1. The van der Waals surface area contributed by atoms with Crippen molar-refractivity contribution in [2.75, 3.05) is 6.54 Å². The highest BCUT2D eigenvalue weighted by Gasteiger charge is 2.29. The molecule has 0 radical (unpaired) electrons. The number of nitrogens with zero attached hydrogens (tertiary/aromatic N) is 5. The molecule has 3 aromatic rings. The first-order valence-electron chi connectivity index (χ1n) is 9.51. The van der Waals surface area contributed by atoms with Crippen molar-refractivity contribution >= 4 is 23.2 Å². The van der Waals surface area contributed by atoms with E-state index in [0.717, 1.165) is 30.0 Å². The van der Waals surface area contributed by atoms with E-state index in [-0.39, 0.29) is 17.5 Å². The Bertz CT molecular complexity index is 1000. The highest BCUT2D eigenvalue weighted by Crippen LogP contribution is 2.23. The molecule has 150 valence electrons. The van der Waals surface area contributed by atoms with Crippen molar-refractivity contribution in [3.05, 3.63) is 53.3 Å². The van der Waals surface area contributed by atoms with E-state index >= 15 is 0 Å². The summed E-state index contributed by atoms with van der Waals surface area (Å²) in [6.07, 6.45) is 6.25. The second kappa shape index (κ2) is 8.52. The van der Waals surface area contributed by atoms with Gasteiger partial charge in [0.05, 0.1) is 34.7 Å². The third kappa shape index (κ3) is 4.34. The molecule has 3 heterocycles. The number of aryl methyl sites for hydroxylation is 1. The maximum absolute atomic E-state index is 12.8. The Kier molecular flexibility index (Phi) is 5.66. The first-order valence-corrected chi connectivity index (χ1v) is 10.4. The summed E-state index contributed by atoms with van der Waals surface area (Å²) in [6, 6.07) is 6.93. The SMILES string of the molecule is O=C(O)c1ccccc1CCC(=O)N1CCCC1Cn1cc(-c2cncs2)nn1. The summed E-state index contributed by atoms with van der Waals surface area (Å²) in [5.41, 5.74) is 3.49. The van der Waals surface area contributed by atoms with Crippen molar-refractivity contribution in [3.8, 4) is 10.6 Å². The molecule has 0 bridgehead atoms. The van der Waals surface area contributed by atoms with Gasteiger partial charge in [-0.3, -0.25) is 9.78 Å². The van der Waals surface area contributed by atoms with Gasteiger partial charge in [0.15, 0.2) is 0 Å². The lowest BCUT2D eigenvalue weighted by Gasteiger charge is -2.24. The standard InChI is InChI=1S/C20H21N5O3S/c26-19(8-7-14-4-1-2-6-16(14)20(27)28)25-9-3-5-15(25)11-24-12-17(22-23-24)18-10-21-13-29-18/h1-2,4,6,10,12-13,15H,3,5,7-9,11H2,(H,27,28). The van der Waals surface area contributed by atoms with Gasteiger partial charge in [0, 0.05) is 19.2 Å². The number of carboxylic acid groups (broad SMARTS) is 1. The molecule has 8 nitrogen and oxygen atoms in total. The Hall–Kier alpha value is -3.07. The number of amides is 1. The average Bonchev–Trinajstić information content (AvgIpc) is 3.48. The summed E-state index contributed by atoms with van der Waals surface area (Å²) in [4.78, 5) is 31.1. The fourth-order valence-corrected chi connectivity index (χ4v) is 4.32. The van der Waals surface area contributed by atoms with Crippen LogP contribution in [0, 0.1) is 0 Å². The van der Waals surface area contributed by atoms with Gasteiger partial charge in [-0.2, -0.15) is 0 Å². The zero-order valence-corrected chi connectivity index (χ0v) is 16.6. The first kappa shape index (κ1) is 19.3. The summed E-state index contributed by atoms with van der Waals surface area (Å²) >= 11 is 1.51. The first-order chi connectivity index (χ1) is 14.1. The van der Waals surface area contributed by atoms with Crippen LogP contribution in [0.3, 0.4) is 0 Å². The number of aromatic nitrogens is 4. The topological polar surface area (TPSA) is 101 Å². The lowest BCUT2D eigenvalue weighted by molar-refractivity contribution is -0.132. The quantitative estimate of drug-likeness (QED) is 0.641. The van der Waals surface area contributed by atoms with Crippen LogP contribution in [0.15, 0.2) is 42.2 Å². The minimum absolute atomic E-state index is 0.0514. The van der Waals surface area contributed by atoms with Crippen LogP contribution in [-0.2, 0) is 17.8 Å². The molecule has 1 fully saturated rings. The van der Waals surface area contributed by atoms with E-state index in [0.29, 0.717) is 24.9 Å². The number of likely N-dealkylation sites (tertiary alicyclic amines) is 1. The molecule has 1 N–H and O–H groups in total. The number of thiazole rings is 1. The molecule has 1 atom stereocenters. The van der Waals surface area contributed by atoms with Crippen molar-refractivity contribution in [1.82, 2.24) is 24.9 Å². The Morgan fingerprint density at radius 3 is 2.93 bits per heavy atom. The maximum atomic E-state index is 12.8. The summed E-state index contributed by atoms with van der Waals surface area (Å²) < 4.78 is 1.78. The zero-order chi connectivity index (χ0) is 20.2. The van der Waals surface area contributed by atoms with Crippen molar-refractivity contribution < 1.29 is 14.7 Å². The second-order valence-corrected chi connectivity index (χ2v) is 7.92. The van der Waals surface area contributed by atoms with E-state index in [9.17, 15) is 14.7 Å². The molecule has 9 heteroatoms. The molecular formula is C20H21N5O3S. The van der Waals surface area contributed by atoms with Gasteiger partial charge in [-0.15, -0.1) is 16.4 Å². The Morgan fingerprint density at radius 1 is 1.28 bits per heavy atom. The number of benzene rings is 1. The highest BCUT2D eigenvalue weighted by atomic mass is 32.1. The van der Waals surface area contributed by atoms with Crippen LogP contribution in [0.4, 0.5) is 0 Å². The van der Waals surface area contributed by atoms with E-state index in [1.54, 1.807) is 40.7 Å². The number of aromatic carboxylic acids is 1. The van der Waals surface area contributed by atoms with E-state index in [4.69, 9.17) is 0 Å². The maximum Gasteiger partial charge on any atom is 0.335 e. The minimum Gasteiger partial charge on any atom is -0.478 e. The number of hydrogen-bond acceptors (Lipinski definition) is 6. The summed E-state index contributed by atoms with van der Waals surface area (Å²) in [5.74, 6) is -0.912. The summed E-state index contributed by atoms with van der Waals surface area (Å²) in [6.45, 7) is 1.32. The van der Waals surface area contributed by atoms with Gasteiger partial charge in [-0.25, -0.2) is 9.48 Å². The number of carbonyl (C=O) groups is 2. The Labute approximate surface area is 171 Å². The molecule has 0 saturated carbocycles. The third-order valence-corrected chi connectivity index (χ3v) is 5.97. The van der Waals surface area contributed by atoms with Gasteiger partial charge in [0.25, 0.3) is 0 Å². The fraction of sp³-hybridized carbons (Fsp3) is 0.350. The van der Waals surface area contributed by atoms with E-state index in [1.807, 2.05) is 11.1 Å². The van der Waals surface area contributed by atoms with Crippen LogP contribution in [-0.4, -0.2) is 54.4 Å². The van der Waals surface area contributed by atoms with Crippen molar-refractivity contribution in [2.24, 2.45) is 0 Å². The van der Waals surface area contributed by atoms with Crippen molar-refractivity contribution in [3.63, 3.8) is 0 Å². The molecule has 1 saturated heterocycles. The normalized spacial score (nSPS) is 16.3. The lowest BCUT2D eigenvalue weighted by Crippen LogP contribution is -2.38. The Balaban J connectivity index is 1.38. The summed E-state index contributed by atoms with van der Waals surface area (Å²) in [7, 11) is 0. The monoisotopic (exact) mass is 411 g/mol. The van der Waals surface area contributed by atoms with Crippen LogP contribution in [0.25, 0.3) is 10.6 Å². The molecule has 4 rings (SSSR count). The van der Waals surface area contributed by atoms with Crippen LogP contribution < -0.4 is 0 Å². The number of carboxylic acids is 1. The molecule has 2 aromatic heterocycles. The highest BCUT2D eigenvalue weighted by molar-refractivity contribution is 7.13. The molecule has 1 aliphatic heterocycles. The van der Waals surface area contributed by atoms with Crippen LogP contribution >= 0.6 is 11.3 Å². The third-order valence-electron chi connectivity index (χ3n) is 5.17. The van der Waals surface area contributed by atoms with Gasteiger partial charge < -0.3 is 10.0 Å². The molecule has 29 heavy (non-hydrogen) atoms. The number of rotatable bonds is 7. The molecule has 1 amide bonds. The average molecular weight is 411 g/mol. The lowest BCUT2D eigenvalue weighted by atomic mass is 10.0. The molecule has 0 spiro atoms. The predicted octanol–water partition coefficient (Wildman–Crippen LogP) is 2.72. The predicted molar refractivity (Wildman–Crippen MR) is 108 cm³/mol. The fourth-order valence-electron chi connectivity index (χ4n) is 3.74. The van der Waals surface area contributed by atoms with Crippen molar-refractivity contribution in [2.45, 2.75) is 38.3 Å². The smallest absolute Gasteiger partial charge is 0.335 e. The minimum atomic E-state index is -0.963. The van der Waals surface area contributed by atoms with Gasteiger partial charge in [-0.1, -0.05) is 23.4 Å². The van der Waals surface area contributed by atoms with Gasteiger partial charge in [-0.05, 0) is 30.9 Å². The summed E-state index contributed by atoms with van der Waals surface area (Å²) in [5, 5.41) is 17.7. The second-order valence-electron chi connectivity index (χ2n) is 7.04. The Morgan fingerprint density at radius 2 is 2.14 bits per heavy atom. The van der Waals surface area contributed by atoms with E-state index < -0.39 is 5.97 Å². The van der Waals surface area contributed by atoms with Crippen LogP contribution in [0.5, 0.6) is 0 Å². The van der Waals surface area contributed by atoms with E-state index in [2.05, 4.69) is 15.3 Å². The van der Waals surface area contributed by atoms with Crippen LogP contribution in [0.1, 0.15) is 35.2 Å². The van der Waals surface area contributed by atoms with Gasteiger partial charge in [0.2, 0.25) is 5.91 Å². The molecule has 1 aliphatic rings.